The maximum absolute atomic E-state index is 12.0. The largest absolute Gasteiger partial charge is 0.379 e. The predicted octanol–water partition coefficient (Wildman–Crippen LogP) is 3.60. The highest BCUT2D eigenvalue weighted by Crippen LogP contribution is 2.46. The van der Waals surface area contributed by atoms with Crippen molar-refractivity contribution in [2.45, 2.75) is 89.6 Å². The van der Waals surface area contributed by atoms with E-state index in [1.807, 2.05) is 43.0 Å². The normalized spacial score (nSPS) is 22.3. The van der Waals surface area contributed by atoms with Crippen LogP contribution >= 0.6 is 22.9 Å². The number of para-hydroxylation sites is 1. The van der Waals surface area contributed by atoms with E-state index in [4.69, 9.17) is 36.8 Å². The molecular weight excluding hydrogens is 852 g/mol. The van der Waals surface area contributed by atoms with E-state index in [1.54, 1.807) is 18.2 Å². The lowest BCUT2D eigenvalue weighted by molar-refractivity contribution is -0.158. The molecule has 5 heterocycles. The van der Waals surface area contributed by atoms with Gasteiger partial charge in [0.25, 0.3) is 5.91 Å². The van der Waals surface area contributed by atoms with Crippen molar-refractivity contribution in [3.8, 4) is 0 Å². The molecule has 7 rings (SSSR count). The molecule has 1 amide bonds. The van der Waals surface area contributed by atoms with Crippen LogP contribution in [0.1, 0.15) is 83.2 Å². The third-order valence-electron chi connectivity index (χ3n) is 11.6. The Morgan fingerprint density at radius 3 is 2.49 bits per heavy atom. The van der Waals surface area contributed by atoms with Crippen molar-refractivity contribution in [3.63, 3.8) is 0 Å². The molecule has 0 saturated carbocycles. The molecule has 18 nitrogen and oxygen atoms in total. The van der Waals surface area contributed by atoms with Crippen molar-refractivity contribution in [2.75, 3.05) is 74.3 Å². The third kappa shape index (κ3) is 11.4. The summed E-state index contributed by atoms with van der Waals surface area (Å²) in [7, 11) is 0. The molecule has 6 atom stereocenters. The number of nitrogens with one attached hydrogen (secondary N) is 2. The number of halogens is 1. The van der Waals surface area contributed by atoms with Gasteiger partial charge in [-0.2, -0.15) is 0 Å². The van der Waals surface area contributed by atoms with Crippen LogP contribution in [0.4, 0.5) is 28.1 Å². The van der Waals surface area contributed by atoms with Gasteiger partial charge in [-0.3, -0.25) is 19.9 Å². The molecule has 3 aliphatic heterocycles. The van der Waals surface area contributed by atoms with Gasteiger partial charge in [0, 0.05) is 55.7 Å². The average molecular weight is 912 g/mol. The predicted molar refractivity (Wildman–Crippen MR) is 240 cm³/mol. The van der Waals surface area contributed by atoms with Crippen molar-refractivity contribution in [1.82, 2.24) is 30.1 Å². The minimum Gasteiger partial charge on any atom is -0.379 e. The number of hydrogen-bond acceptors (Lipinski definition) is 18. The number of amides is 1. The van der Waals surface area contributed by atoms with E-state index >= 15 is 0 Å². The van der Waals surface area contributed by atoms with Gasteiger partial charge in [-0.1, -0.05) is 60.0 Å². The molecule has 6 unspecified atom stereocenters. The number of ether oxygens (including phenoxy) is 2. The first-order valence-electron chi connectivity index (χ1n) is 21.5. The molecule has 2 fully saturated rings. The van der Waals surface area contributed by atoms with Crippen molar-refractivity contribution >= 4 is 57.0 Å². The molecule has 2 saturated heterocycles. The fourth-order valence-electron chi connectivity index (χ4n) is 8.46. The second kappa shape index (κ2) is 21.7. The molecule has 0 radical (unpaired) electrons. The zero-order chi connectivity index (χ0) is 44.6. The second-order valence-electron chi connectivity index (χ2n) is 16.1. The number of hydrogen-bond donors (Lipinski definition) is 8. The number of thiazole rings is 1. The van der Waals surface area contributed by atoms with E-state index in [-0.39, 0.29) is 6.61 Å². The Hall–Kier alpha value is -4.09. The maximum atomic E-state index is 12.0. The van der Waals surface area contributed by atoms with E-state index < -0.39 is 43.1 Å². The number of carbonyl (C=O) groups excluding carboxylic acids is 1. The molecule has 2 aromatic carbocycles. The summed E-state index contributed by atoms with van der Waals surface area (Å²) < 4.78 is 11.4. The highest BCUT2D eigenvalue weighted by Gasteiger charge is 2.46. The summed E-state index contributed by atoms with van der Waals surface area (Å²) in [5.74, 6) is 1.49. The molecule has 4 aromatic rings. The minimum atomic E-state index is -1.23. The molecule has 63 heavy (non-hydrogen) atoms. The highest BCUT2D eigenvalue weighted by atomic mass is 35.5. The number of primary amides is 1. The molecule has 2 aromatic heterocycles. The fraction of sp³-hybridized carbons (Fsp3) is 0.535. The van der Waals surface area contributed by atoms with Gasteiger partial charge >= 0.3 is 0 Å². The van der Waals surface area contributed by atoms with Crippen LogP contribution in [-0.2, 0) is 9.47 Å². The number of anilines is 5. The van der Waals surface area contributed by atoms with Crippen LogP contribution in [0.2, 0.25) is 5.02 Å². The number of aromatic nitrogens is 3. The molecular formula is C43H59ClN10O8S. The van der Waals surface area contributed by atoms with Crippen LogP contribution < -0.4 is 26.2 Å². The molecule has 3 aliphatic rings. The van der Waals surface area contributed by atoms with Gasteiger partial charge in [0.1, 0.15) is 53.5 Å². The van der Waals surface area contributed by atoms with Crippen LogP contribution in [0.15, 0.2) is 48.7 Å². The number of aryl methyl sites for hydroxylation is 2. The second-order valence-corrected chi connectivity index (χ2v) is 17.5. The van der Waals surface area contributed by atoms with Crippen molar-refractivity contribution in [3.05, 3.63) is 81.1 Å². The summed E-state index contributed by atoms with van der Waals surface area (Å²) in [6, 6.07) is 12.1. The Kier molecular flexibility index (Phi) is 16.2. The lowest BCUT2D eigenvalue weighted by Gasteiger charge is -2.40. The zero-order valence-corrected chi connectivity index (χ0v) is 37.2. The van der Waals surface area contributed by atoms with Crippen LogP contribution in [-0.4, -0.2) is 140 Å². The number of carbonyl (C=O) groups is 1. The van der Waals surface area contributed by atoms with Gasteiger partial charge in [0.15, 0.2) is 5.13 Å². The topological polar surface area (TPSA) is 238 Å². The number of aliphatic hydroxyl groups excluding tert-OH is 5. The number of rotatable bonds is 20. The van der Waals surface area contributed by atoms with Crippen molar-refractivity contribution < 1.29 is 39.8 Å². The van der Waals surface area contributed by atoms with E-state index in [0.29, 0.717) is 76.2 Å². The van der Waals surface area contributed by atoms with E-state index in [0.717, 1.165) is 75.5 Å². The zero-order valence-electron chi connectivity index (χ0n) is 35.6. The number of benzene rings is 2. The number of piperidine rings is 1. The fourth-order valence-corrected chi connectivity index (χ4v) is 9.55. The average Bonchev–Trinajstić information content (AvgIpc) is 3.84. The number of aliphatic hydroxyl groups is 5. The summed E-state index contributed by atoms with van der Waals surface area (Å²) in [4.78, 5) is 34.5. The van der Waals surface area contributed by atoms with E-state index in [1.165, 1.54) is 22.4 Å². The summed E-state index contributed by atoms with van der Waals surface area (Å²) >= 11 is 7.94. The first-order valence-corrected chi connectivity index (χ1v) is 22.7. The number of piperazine rings is 1. The Bertz CT molecular complexity index is 2130. The van der Waals surface area contributed by atoms with Gasteiger partial charge < -0.3 is 51.0 Å². The molecule has 0 spiro atoms. The number of nitrogens with two attached hydrogens (primary N) is 1. The molecule has 342 valence electrons. The lowest BCUT2D eigenvalue weighted by Crippen LogP contribution is -2.57. The van der Waals surface area contributed by atoms with E-state index in [9.17, 15) is 30.3 Å². The number of nitrogens with zero attached hydrogens (tertiary/aromatic N) is 7. The Morgan fingerprint density at radius 1 is 0.984 bits per heavy atom. The first-order chi connectivity index (χ1) is 30.4. The summed E-state index contributed by atoms with van der Waals surface area (Å²) in [6.07, 6.45) is 0.965. The highest BCUT2D eigenvalue weighted by molar-refractivity contribution is 7.17. The maximum Gasteiger partial charge on any atom is 0.260 e. The molecule has 9 N–H and O–H groups in total. The molecule has 20 heteroatoms. The molecule has 0 bridgehead atoms. The SMILES string of the molecule is Cc1nc(N2CCN(CCCCCCOCCOCC(O)Nc3cccc4c3C(O)N(C3CCC(O)NC3O)C4O)CC2)cc(N(c2ncc(C(N)=O)s2)c2c(C)cccc2Cl)n1. The Balaban J connectivity index is 0.778. The van der Waals surface area contributed by atoms with Crippen molar-refractivity contribution in [1.29, 1.82) is 0 Å². The lowest BCUT2D eigenvalue weighted by atomic mass is 10.0. The Labute approximate surface area is 376 Å². The van der Waals surface area contributed by atoms with Crippen LogP contribution in [0, 0.1) is 13.8 Å². The summed E-state index contributed by atoms with van der Waals surface area (Å²) in [5.41, 5.74) is 8.57. The third-order valence-corrected chi connectivity index (χ3v) is 12.9. The standard InChI is InChI=1S/C43H59ClN10O8S/c1-26-9-7-11-29(44)38(26)54(43-46-24-32(63-43)39(45)57)34-23-33(47-27(2)48-34)52-18-16-51(17-19-52)15-5-3-4-6-20-61-21-22-62-25-36(56)49-30-12-8-10-28-37(30)42(60)53(41(28)59)31-13-14-35(55)50-40(31)58/h7-12,23-24,31,35-36,40-42,49-50,55-56,58-60H,3-6,13-22,25H2,1-2H3,(H2,45,57). The van der Waals surface area contributed by atoms with Gasteiger partial charge in [0.2, 0.25) is 0 Å². The number of fused-ring (bicyclic) bond motifs is 1. The first kappa shape index (κ1) is 46.9. The smallest absolute Gasteiger partial charge is 0.260 e. The van der Waals surface area contributed by atoms with E-state index in [2.05, 4.69) is 25.4 Å². The van der Waals surface area contributed by atoms with Gasteiger partial charge in [0.05, 0.1) is 42.8 Å². The summed E-state index contributed by atoms with van der Waals surface area (Å²) in [5, 5.41) is 59.8. The van der Waals surface area contributed by atoms with Gasteiger partial charge in [-0.05, 0) is 63.8 Å². The van der Waals surface area contributed by atoms with Crippen LogP contribution in [0.5, 0.6) is 0 Å². The quantitative estimate of drug-likeness (QED) is 0.0467. The number of unbranched alkanes of at least 4 members (excludes halogenated alkanes) is 3. The van der Waals surface area contributed by atoms with Crippen LogP contribution in [0.25, 0.3) is 0 Å². The van der Waals surface area contributed by atoms with Gasteiger partial charge in [-0.15, -0.1) is 0 Å². The summed E-state index contributed by atoms with van der Waals surface area (Å²) in [6.45, 7) is 9.67. The Morgan fingerprint density at radius 2 is 1.75 bits per heavy atom. The molecule has 0 aliphatic carbocycles. The van der Waals surface area contributed by atoms with Gasteiger partial charge in [-0.25, -0.2) is 19.9 Å². The van der Waals surface area contributed by atoms with Crippen LogP contribution in [0.3, 0.4) is 0 Å². The van der Waals surface area contributed by atoms with Crippen molar-refractivity contribution in [2.24, 2.45) is 5.73 Å². The monoisotopic (exact) mass is 910 g/mol. The minimum absolute atomic E-state index is 0.0118.